The number of rotatable bonds is 4. The lowest BCUT2D eigenvalue weighted by atomic mass is 9.89. The van der Waals surface area contributed by atoms with Crippen LogP contribution in [0, 0.1) is 5.92 Å². The number of hydrogen-bond acceptors (Lipinski definition) is 4. The van der Waals surface area contributed by atoms with Gasteiger partial charge in [-0.15, -0.1) is 11.3 Å². The van der Waals surface area contributed by atoms with Crippen molar-refractivity contribution < 1.29 is 9.59 Å². The van der Waals surface area contributed by atoms with Crippen LogP contribution in [0.5, 0.6) is 0 Å². The number of amides is 2. The largest absolute Gasteiger partial charge is 0.324 e. The molecule has 5 nitrogen and oxygen atoms in total. The molecule has 2 aromatic carbocycles. The molecular formula is C22H21N3O2S. The summed E-state index contributed by atoms with van der Waals surface area (Å²) in [5.41, 5.74) is 2.63. The molecule has 3 aromatic rings. The molecular weight excluding hydrogens is 370 g/mol. The topological polar surface area (TPSA) is 62.3 Å². The summed E-state index contributed by atoms with van der Waals surface area (Å²) in [7, 11) is 0. The van der Waals surface area contributed by atoms with Crippen LogP contribution in [-0.2, 0) is 0 Å². The third kappa shape index (κ3) is 4.12. The van der Waals surface area contributed by atoms with Crippen LogP contribution in [0.3, 0.4) is 0 Å². The number of anilines is 1. The number of nitrogens with one attached hydrogen (secondary N) is 1. The molecule has 0 spiro atoms. The monoisotopic (exact) mass is 391 g/mol. The van der Waals surface area contributed by atoms with E-state index < -0.39 is 0 Å². The lowest BCUT2D eigenvalue weighted by molar-refractivity contribution is 0.0859. The number of carbonyl (C=O) groups excluding carboxylic acids is 2. The Kier molecular flexibility index (Phi) is 5.48. The summed E-state index contributed by atoms with van der Waals surface area (Å²) in [6.07, 6.45) is 1.38. The molecule has 1 aromatic heterocycles. The Morgan fingerprint density at radius 2 is 1.61 bits per heavy atom. The van der Waals surface area contributed by atoms with Gasteiger partial charge < -0.3 is 4.90 Å². The lowest BCUT2D eigenvalue weighted by Gasteiger charge is -2.31. The fourth-order valence-electron chi connectivity index (χ4n) is 3.43. The molecule has 0 aliphatic carbocycles. The van der Waals surface area contributed by atoms with Gasteiger partial charge in [-0.25, -0.2) is 9.78 Å². The summed E-state index contributed by atoms with van der Waals surface area (Å²) < 4.78 is 0. The lowest BCUT2D eigenvalue weighted by Crippen LogP contribution is -2.42. The van der Waals surface area contributed by atoms with E-state index in [9.17, 15) is 9.59 Å². The van der Waals surface area contributed by atoms with Crippen LogP contribution in [0.15, 0.2) is 66.0 Å². The molecule has 1 aliphatic heterocycles. The van der Waals surface area contributed by atoms with Gasteiger partial charge in [0.25, 0.3) is 0 Å². The Morgan fingerprint density at radius 1 is 0.964 bits per heavy atom. The number of hydrogen-bond donors (Lipinski definition) is 1. The highest BCUT2D eigenvalue weighted by molar-refractivity contribution is 7.14. The SMILES string of the molecule is O=C(c1ccccc1)C1CCN(C(=O)Nc2nc(-c3ccccc3)cs2)CC1. The zero-order chi connectivity index (χ0) is 19.3. The first-order chi connectivity index (χ1) is 13.7. The van der Waals surface area contributed by atoms with E-state index in [2.05, 4.69) is 10.3 Å². The normalized spacial score (nSPS) is 14.6. The van der Waals surface area contributed by atoms with Crippen molar-refractivity contribution in [2.45, 2.75) is 12.8 Å². The zero-order valence-corrected chi connectivity index (χ0v) is 16.2. The van der Waals surface area contributed by atoms with Crippen molar-refractivity contribution in [2.24, 2.45) is 5.92 Å². The molecule has 0 unspecified atom stereocenters. The van der Waals surface area contributed by atoms with Crippen molar-refractivity contribution in [1.82, 2.24) is 9.88 Å². The van der Waals surface area contributed by atoms with Gasteiger partial charge in [0.15, 0.2) is 10.9 Å². The maximum absolute atomic E-state index is 12.6. The quantitative estimate of drug-likeness (QED) is 0.641. The first kappa shape index (κ1) is 18.4. The number of nitrogens with zero attached hydrogens (tertiary/aromatic N) is 2. The number of thiazole rings is 1. The van der Waals surface area contributed by atoms with E-state index >= 15 is 0 Å². The van der Waals surface area contributed by atoms with Crippen LogP contribution in [0.1, 0.15) is 23.2 Å². The van der Waals surface area contributed by atoms with Crippen molar-refractivity contribution in [2.75, 3.05) is 18.4 Å². The predicted octanol–water partition coefficient (Wildman–Crippen LogP) is 4.94. The van der Waals surface area contributed by atoms with Crippen molar-refractivity contribution in [3.05, 3.63) is 71.6 Å². The summed E-state index contributed by atoms with van der Waals surface area (Å²) >= 11 is 1.42. The van der Waals surface area contributed by atoms with Gasteiger partial charge >= 0.3 is 6.03 Å². The van der Waals surface area contributed by atoms with E-state index in [-0.39, 0.29) is 17.7 Å². The molecule has 0 saturated carbocycles. The van der Waals surface area contributed by atoms with Gasteiger partial charge in [0.2, 0.25) is 0 Å². The van der Waals surface area contributed by atoms with Crippen LogP contribution in [0.25, 0.3) is 11.3 Å². The Morgan fingerprint density at radius 3 is 2.29 bits per heavy atom. The number of benzene rings is 2. The van der Waals surface area contributed by atoms with E-state index in [0.29, 0.717) is 31.1 Å². The summed E-state index contributed by atoms with van der Waals surface area (Å²) in [6, 6.07) is 19.1. The predicted molar refractivity (Wildman–Crippen MR) is 112 cm³/mol. The Balaban J connectivity index is 1.32. The van der Waals surface area contributed by atoms with Gasteiger partial charge in [-0.3, -0.25) is 10.1 Å². The van der Waals surface area contributed by atoms with Gasteiger partial charge in [-0.2, -0.15) is 0 Å². The molecule has 142 valence electrons. The Labute approximate surface area is 168 Å². The number of piperidine rings is 1. The molecule has 4 rings (SSSR count). The smallest absolute Gasteiger partial charge is 0.323 e. The Hall–Kier alpha value is -2.99. The van der Waals surface area contributed by atoms with Gasteiger partial charge in [-0.1, -0.05) is 60.7 Å². The molecule has 28 heavy (non-hydrogen) atoms. The average molecular weight is 391 g/mol. The average Bonchev–Trinajstić information content (AvgIpc) is 3.23. The molecule has 2 heterocycles. The minimum absolute atomic E-state index is 0.0176. The van der Waals surface area contributed by atoms with Gasteiger partial charge in [0.05, 0.1) is 5.69 Å². The van der Waals surface area contributed by atoms with Crippen molar-refractivity contribution in [3.8, 4) is 11.3 Å². The highest BCUT2D eigenvalue weighted by atomic mass is 32.1. The van der Waals surface area contributed by atoms with Crippen LogP contribution < -0.4 is 5.32 Å². The third-order valence-corrected chi connectivity index (χ3v) is 5.76. The van der Waals surface area contributed by atoms with Crippen molar-refractivity contribution in [1.29, 1.82) is 0 Å². The number of carbonyl (C=O) groups is 2. The molecule has 1 fully saturated rings. The summed E-state index contributed by atoms with van der Waals surface area (Å²) in [4.78, 5) is 31.4. The maximum atomic E-state index is 12.6. The fraction of sp³-hybridized carbons (Fsp3) is 0.227. The molecule has 0 radical (unpaired) electrons. The number of ketones is 1. The zero-order valence-electron chi connectivity index (χ0n) is 15.4. The molecule has 6 heteroatoms. The van der Waals surface area contributed by atoms with Crippen LogP contribution in [0.2, 0.25) is 0 Å². The van der Waals surface area contributed by atoms with E-state index in [1.54, 1.807) is 4.90 Å². The number of aromatic nitrogens is 1. The molecule has 0 bridgehead atoms. The highest BCUT2D eigenvalue weighted by Crippen LogP contribution is 2.26. The van der Waals surface area contributed by atoms with Gasteiger partial charge in [0, 0.05) is 35.5 Å². The summed E-state index contributed by atoms with van der Waals surface area (Å²) in [5, 5.41) is 5.42. The molecule has 1 saturated heterocycles. The number of likely N-dealkylation sites (tertiary alicyclic amines) is 1. The van der Waals surface area contributed by atoms with E-state index in [1.807, 2.05) is 66.0 Å². The second kappa shape index (κ2) is 8.35. The first-order valence-corrected chi connectivity index (χ1v) is 10.2. The second-order valence-electron chi connectivity index (χ2n) is 6.83. The summed E-state index contributed by atoms with van der Waals surface area (Å²) in [6.45, 7) is 1.15. The summed E-state index contributed by atoms with van der Waals surface area (Å²) in [5.74, 6) is 0.157. The standard InChI is InChI=1S/C22H21N3O2S/c26-20(17-9-5-2-6-10-17)18-11-13-25(14-12-18)22(27)24-21-23-19(15-28-21)16-7-3-1-4-8-16/h1-10,15,18H,11-14H2,(H,23,24,27). The Bertz CT molecular complexity index is 948. The number of Topliss-reactive ketones (excluding diaryl/α,β-unsaturated/α-hetero) is 1. The first-order valence-electron chi connectivity index (χ1n) is 9.37. The van der Waals surface area contributed by atoms with E-state index in [1.165, 1.54) is 11.3 Å². The van der Waals surface area contributed by atoms with E-state index in [4.69, 9.17) is 0 Å². The maximum Gasteiger partial charge on any atom is 0.323 e. The van der Waals surface area contributed by atoms with E-state index in [0.717, 1.165) is 16.8 Å². The highest BCUT2D eigenvalue weighted by Gasteiger charge is 2.28. The van der Waals surface area contributed by atoms with Crippen molar-refractivity contribution >= 4 is 28.3 Å². The molecule has 2 amide bonds. The molecule has 0 atom stereocenters. The van der Waals surface area contributed by atoms with Crippen LogP contribution in [0.4, 0.5) is 9.93 Å². The fourth-order valence-corrected chi connectivity index (χ4v) is 4.14. The van der Waals surface area contributed by atoms with Gasteiger partial charge in [0.1, 0.15) is 0 Å². The molecule has 1 aliphatic rings. The van der Waals surface area contributed by atoms with Crippen LogP contribution in [-0.4, -0.2) is 34.8 Å². The minimum Gasteiger partial charge on any atom is -0.324 e. The van der Waals surface area contributed by atoms with Gasteiger partial charge in [-0.05, 0) is 12.8 Å². The molecule has 1 N–H and O–H groups in total. The third-order valence-electron chi connectivity index (χ3n) is 5.00. The second-order valence-corrected chi connectivity index (χ2v) is 7.68. The number of urea groups is 1. The van der Waals surface area contributed by atoms with Crippen LogP contribution >= 0.6 is 11.3 Å². The minimum atomic E-state index is -0.153. The van der Waals surface area contributed by atoms with Crippen molar-refractivity contribution in [3.63, 3.8) is 0 Å².